The second-order valence-electron chi connectivity index (χ2n) is 4.56. The smallest absolute Gasteiger partial charge is 0.129 e. The summed E-state index contributed by atoms with van der Waals surface area (Å²) in [5.41, 5.74) is 1.05. The number of aromatic nitrogens is 1. The highest BCUT2D eigenvalue weighted by molar-refractivity contribution is 9.10. The lowest BCUT2D eigenvalue weighted by atomic mass is 10.00. The van der Waals surface area contributed by atoms with Crippen molar-refractivity contribution in [2.75, 3.05) is 17.3 Å². The summed E-state index contributed by atoms with van der Waals surface area (Å²) in [6.45, 7) is 3.14. The molecule has 1 unspecified atom stereocenters. The fourth-order valence-corrected chi connectivity index (χ4v) is 2.89. The minimum absolute atomic E-state index is 0.564. The molecule has 0 aromatic carbocycles. The fourth-order valence-electron chi connectivity index (χ4n) is 2.42. The van der Waals surface area contributed by atoms with Crippen LogP contribution in [0.2, 0.25) is 0 Å². The number of alkyl halides is 1. The van der Waals surface area contributed by atoms with Crippen LogP contribution in [0.1, 0.15) is 31.4 Å². The van der Waals surface area contributed by atoms with Gasteiger partial charge < -0.3 is 4.90 Å². The van der Waals surface area contributed by atoms with Gasteiger partial charge in [-0.15, -0.1) is 11.6 Å². The van der Waals surface area contributed by atoms with Crippen LogP contribution in [0, 0.1) is 6.92 Å². The minimum Gasteiger partial charge on any atom is -0.354 e. The lowest BCUT2D eigenvalue weighted by molar-refractivity contribution is 0.448. The largest absolute Gasteiger partial charge is 0.354 e. The standard InChI is InChI=1S/C13H18BrClN2/c1-10-12(14)5-6-13(16-10)17-9-3-2-4-11(17)7-8-15/h5-6,11H,2-4,7-9H2,1H3. The molecule has 1 atom stereocenters. The Morgan fingerprint density at radius 3 is 3.00 bits per heavy atom. The molecule has 0 amide bonds. The van der Waals surface area contributed by atoms with Gasteiger partial charge in [-0.3, -0.25) is 0 Å². The Kier molecular flexibility index (Phi) is 4.69. The van der Waals surface area contributed by atoms with Crippen molar-refractivity contribution >= 4 is 33.3 Å². The summed E-state index contributed by atoms with van der Waals surface area (Å²) in [4.78, 5) is 7.09. The molecule has 0 N–H and O–H groups in total. The number of aryl methyl sites for hydroxylation is 1. The molecule has 1 aromatic heterocycles. The van der Waals surface area contributed by atoms with Crippen LogP contribution in [0.15, 0.2) is 16.6 Å². The Bertz CT molecular complexity index is 382. The van der Waals surface area contributed by atoms with Crippen molar-refractivity contribution in [3.63, 3.8) is 0 Å². The summed E-state index contributed by atoms with van der Waals surface area (Å²) in [7, 11) is 0. The van der Waals surface area contributed by atoms with E-state index in [1.807, 2.05) is 6.92 Å². The number of hydrogen-bond donors (Lipinski definition) is 0. The van der Waals surface area contributed by atoms with Crippen LogP contribution >= 0.6 is 27.5 Å². The van der Waals surface area contributed by atoms with Crippen LogP contribution in [0.3, 0.4) is 0 Å². The van der Waals surface area contributed by atoms with Gasteiger partial charge in [0.15, 0.2) is 0 Å². The van der Waals surface area contributed by atoms with Crippen LogP contribution in [-0.2, 0) is 0 Å². The molecule has 17 heavy (non-hydrogen) atoms. The van der Waals surface area contributed by atoms with Crippen LogP contribution in [0.25, 0.3) is 0 Å². The van der Waals surface area contributed by atoms with E-state index < -0.39 is 0 Å². The highest BCUT2D eigenvalue weighted by Crippen LogP contribution is 2.27. The topological polar surface area (TPSA) is 16.1 Å². The Morgan fingerprint density at radius 2 is 2.29 bits per heavy atom. The zero-order valence-corrected chi connectivity index (χ0v) is 12.5. The maximum Gasteiger partial charge on any atom is 0.129 e. The summed E-state index contributed by atoms with van der Waals surface area (Å²) >= 11 is 9.39. The van der Waals surface area contributed by atoms with E-state index in [1.54, 1.807) is 0 Å². The van der Waals surface area contributed by atoms with Gasteiger partial charge in [0.05, 0.1) is 5.69 Å². The average molecular weight is 318 g/mol. The van der Waals surface area contributed by atoms with E-state index in [0.717, 1.165) is 34.8 Å². The quantitative estimate of drug-likeness (QED) is 0.779. The van der Waals surface area contributed by atoms with Crippen LogP contribution < -0.4 is 4.90 Å². The monoisotopic (exact) mass is 316 g/mol. The van der Waals surface area contributed by atoms with Gasteiger partial charge in [0.1, 0.15) is 5.82 Å². The Balaban J connectivity index is 2.20. The van der Waals surface area contributed by atoms with Crippen molar-refractivity contribution in [1.29, 1.82) is 0 Å². The minimum atomic E-state index is 0.564. The third-order valence-corrected chi connectivity index (χ3v) is 4.43. The van der Waals surface area contributed by atoms with Crippen molar-refractivity contribution < 1.29 is 0 Å². The van der Waals surface area contributed by atoms with Crippen molar-refractivity contribution in [1.82, 2.24) is 4.98 Å². The van der Waals surface area contributed by atoms with Gasteiger partial charge in [0, 0.05) is 22.9 Å². The third kappa shape index (κ3) is 3.14. The summed E-state index contributed by atoms with van der Waals surface area (Å²) in [5, 5.41) is 0. The SMILES string of the molecule is Cc1nc(N2CCCCC2CCCl)ccc1Br. The van der Waals surface area contributed by atoms with E-state index in [2.05, 4.69) is 37.9 Å². The molecule has 1 fully saturated rings. The summed E-state index contributed by atoms with van der Waals surface area (Å²) in [5.74, 6) is 1.83. The van der Waals surface area contributed by atoms with Gasteiger partial charge in [-0.05, 0) is 60.7 Å². The van der Waals surface area contributed by atoms with E-state index in [1.165, 1.54) is 19.3 Å². The van der Waals surface area contributed by atoms with E-state index >= 15 is 0 Å². The molecule has 2 rings (SSSR count). The predicted octanol–water partition coefficient (Wildman–Crippen LogP) is 4.14. The summed E-state index contributed by atoms with van der Waals surface area (Å²) in [6, 6.07) is 4.75. The number of nitrogens with zero attached hydrogens (tertiary/aromatic N) is 2. The first-order valence-corrected chi connectivity index (χ1v) is 7.51. The van der Waals surface area contributed by atoms with E-state index in [9.17, 15) is 0 Å². The number of pyridine rings is 1. The number of hydrogen-bond acceptors (Lipinski definition) is 2. The zero-order chi connectivity index (χ0) is 12.3. The van der Waals surface area contributed by atoms with Gasteiger partial charge >= 0.3 is 0 Å². The number of rotatable bonds is 3. The molecule has 2 heterocycles. The Labute approximate surface area is 116 Å². The van der Waals surface area contributed by atoms with Gasteiger partial charge in [-0.25, -0.2) is 4.98 Å². The van der Waals surface area contributed by atoms with Crippen molar-refractivity contribution in [2.45, 2.75) is 38.6 Å². The van der Waals surface area contributed by atoms with Crippen molar-refractivity contribution in [2.24, 2.45) is 0 Å². The number of halogens is 2. The first kappa shape index (κ1) is 13.2. The normalized spacial score (nSPS) is 20.6. The molecule has 0 radical (unpaired) electrons. The molecule has 0 aliphatic carbocycles. The molecule has 4 heteroatoms. The maximum absolute atomic E-state index is 5.89. The first-order chi connectivity index (χ1) is 8.22. The number of piperidine rings is 1. The van der Waals surface area contributed by atoms with Gasteiger partial charge in [0.2, 0.25) is 0 Å². The van der Waals surface area contributed by atoms with Gasteiger partial charge in [-0.1, -0.05) is 0 Å². The lowest BCUT2D eigenvalue weighted by Crippen LogP contribution is -2.40. The molecule has 0 bridgehead atoms. The van der Waals surface area contributed by atoms with Crippen LogP contribution in [0.4, 0.5) is 5.82 Å². The molecule has 94 valence electrons. The molecule has 1 saturated heterocycles. The average Bonchev–Trinajstić information content (AvgIpc) is 2.34. The van der Waals surface area contributed by atoms with E-state index in [4.69, 9.17) is 11.6 Å². The summed E-state index contributed by atoms with van der Waals surface area (Å²) in [6.07, 6.45) is 4.87. The van der Waals surface area contributed by atoms with E-state index in [0.29, 0.717) is 6.04 Å². The summed E-state index contributed by atoms with van der Waals surface area (Å²) < 4.78 is 1.08. The zero-order valence-electron chi connectivity index (χ0n) is 10.1. The molecule has 1 aromatic rings. The fraction of sp³-hybridized carbons (Fsp3) is 0.615. The van der Waals surface area contributed by atoms with Gasteiger partial charge in [0.25, 0.3) is 0 Å². The van der Waals surface area contributed by atoms with Crippen LogP contribution in [-0.4, -0.2) is 23.5 Å². The maximum atomic E-state index is 5.89. The van der Waals surface area contributed by atoms with Gasteiger partial charge in [-0.2, -0.15) is 0 Å². The van der Waals surface area contributed by atoms with Crippen molar-refractivity contribution in [3.8, 4) is 0 Å². The Morgan fingerprint density at radius 1 is 1.47 bits per heavy atom. The second-order valence-corrected chi connectivity index (χ2v) is 5.79. The molecule has 1 aliphatic heterocycles. The molecular weight excluding hydrogens is 300 g/mol. The van der Waals surface area contributed by atoms with Crippen LogP contribution in [0.5, 0.6) is 0 Å². The van der Waals surface area contributed by atoms with E-state index in [-0.39, 0.29) is 0 Å². The molecule has 0 spiro atoms. The molecule has 2 nitrogen and oxygen atoms in total. The molecule has 0 saturated carbocycles. The highest BCUT2D eigenvalue weighted by atomic mass is 79.9. The molecular formula is C13H18BrClN2. The molecule has 1 aliphatic rings. The van der Waals surface area contributed by atoms with Crippen molar-refractivity contribution in [3.05, 3.63) is 22.3 Å². The third-order valence-electron chi connectivity index (χ3n) is 3.37. The first-order valence-electron chi connectivity index (χ1n) is 6.18. The lowest BCUT2D eigenvalue weighted by Gasteiger charge is -2.36. The highest BCUT2D eigenvalue weighted by Gasteiger charge is 2.23. The second kappa shape index (κ2) is 6.05. The number of anilines is 1. The predicted molar refractivity (Wildman–Crippen MR) is 77.0 cm³/mol. The Hall–Kier alpha value is -0.280.